The molecule has 1 aromatic heterocycles. The second-order valence-electron chi connectivity index (χ2n) is 4.75. The van der Waals surface area contributed by atoms with Crippen molar-refractivity contribution in [1.82, 2.24) is 20.2 Å². The molecule has 21 heavy (non-hydrogen) atoms. The van der Waals surface area contributed by atoms with Crippen LogP contribution in [0, 0.1) is 6.92 Å². The first-order valence-corrected chi connectivity index (χ1v) is 6.91. The number of hydrogen-bond donors (Lipinski definition) is 1. The molecule has 0 radical (unpaired) electrons. The number of nitrogens with zero attached hydrogens (tertiary/aromatic N) is 4. The molecule has 0 amide bonds. The van der Waals surface area contributed by atoms with Crippen LogP contribution >= 0.6 is 11.6 Å². The van der Waals surface area contributed by atoms with Crippen LogP contribution in [0.2, 0.25) is 5.02 Å². The lowest BCUT2D eigenvalue weighted by Crippen LogP contribution is -2.02. The minimum Gasteiger partial charge on any atom is -0.326 e. The first kappa shape index (κ1) is 13.7. The molecule has 106 valence electrons. The molecule has 2 N–H and O–H groups in total. The average molecular weight is 300 g/mol. The van der Waals surface area contributed by atoms with Crippen LogP contribution in [-0.2, 0) is 6.54 Å². The molecule has 2 aromatic carbocycles. The van der Waals surface area contributed by atoms with Crippen LogP contribution in [0.3, 0.4) is 0 Å². The van der Waals surface area contributed by atoms with Gasteiger partial charge in [-0.2, -0.15) is 4.68 Å². The highest BCUT2D eigenvalue weighted by Crippen LogP contribution is 2.24. The highest BCUT2D eigenvalue weighted by atomic mass is 35.5. The number of nitrogens with two attached hydrogens (primary N) is 1. The van der Waals surface area contributed by atoms with Gasteiger partial charge < -0.3 is 5.73 Å². The van der Waals surface area contributed by atoms with Gasteiger partial charge in [0.15, 0.2) is 5.82 Å². The Morgan fingerprint density at radius 1 is 1.14 bits per heavy atom. The van der Waals surface area contributed by atoms with Crippen LogP contribution in [-0.4, -0.2) is 20.2 Å². The van der Waals surface area contributed by atoms with Crippen molar-refractivity contribution < 1.29 is 0 Å². The average Bonchev–Trinajstić information content (AvgIpc) is 2.99. The third-order valence-corrected chi connectivity index (χ3v) is 3.55. The fourth-order valence-corrected chi connectivity index (χ4v) is 2.30. The molecular weight excluding hydrogens is 286 g/mol. The maximum Gasteiger partial charge on any atom is 0.187 e. The molecule has 3 aromatic rings. The Hall–Kier alpha value is -2.24. The Morgan fingerprint density at radius 2 is 1.90 bits per heavy atom. The summed E-state index contributed by atoms with van der Waals surface area (Å²) in [5.41, 5.74) is 9.52. The van der Waals surface area contributed by atoms with Crippen molar-refractivity contribution in [2.45, 2.75) is 13.5 Å². The van der Waals surface area contributed by atoms with E-state index in [4.69, 9.17) is 17.3 Å². The molecule has 3 rings (SSSR count). The molecule has 0 unspecified atom stereocenters. The Kier molecular flexibility index (Phi) is 3.68. The zero-order valence-electron chi connectivity index (χ0n) is 11.5. The summed E-state index contributed by atoms with van der Waals surface area (Å²) in [6.45, 7) is 2.51. The van der Waals surface area contributed by atoms with E-state index >= 15 is 0 Å². The third-order valence-electron chi connectivity index (χ3n) is 3.32. The summed E-state index contributed by atoms with van der Waals surface area (Å²) in [5, 5.41) is 12.6. The molecule has 5 nitrogen and oxygen atoms in total. The van der Waals surface area contributed by atoms with Crippen LogP contribution in [0.4, 0.5) is 0 Å². The van der Waals surface area contributed by atoms with Crippen molar-refractivity contribution in [2.24, 2.45) is 5.73 Å². The Bertz CT molecular complexity index is 764. The molecule has 1 heterocycles. The number of benzene rings is 2. The van der Waals surface area contributed by atoms with E-state index in [-0.39, 0.29) is 0 Å². The van der Waals surface area contributed by atoms with Crippen molar-refractivity contribution in [3.8, 4) is 17.1 Å². The van der Waals surface area contributed by atoms with Gasteiger partial charge in [-0.05, 0) is 40.6 Å². The fraction of sp³-hybridized carbons (Fsp3) is 0.133. The molecule has 0 aliphatic heterocycles. The van der Waals surface area contributed by atoms with Gasteiger partial charge in [0.1, 0.15) is 0 Å². The molecule has 0 spiro atoms. The summed E-state index contributed by atoms with van der Waals surface area (Å²) < 4.78 is 1.69. The minimum absolute atomic E-state index is 0.513. The predicted octanol–water partition coefficient (Wildman–Crippen LogP) is 2.75. The van der Waals surface area contributed by atoms with Crippen molar-refractivity contribution in [2.75, 3.05) is 0 Å². The van der Waals surface area contributed by atoms with Gasteiger partial charge in [0.2, 0.25) is 0 Å². The van der Waals surface area contributed by atoms with E-state index in [0.717, 1.165) is 22.4 Å². The van der Waals surface area contributed by atoms with Crippen LogP contribution in [0.5, 0.6) is 0 Å². The molecule has 0 aliphatic carbocycles. The smallest absolute Gasteiger partial charge is 0.187 e. The van der Waals surface area contributed by atoms with Gasteiger partial charge in [-0.25, -0.2) is 0 Å². The molecular formula is C15H14ClN5. The molecule has 0 fully saturated rings. The molecule has 0 aliphatic rings. The molecule has 0 saturated heterocycles. The first-order valence-electron chi connectivity index (χ1n) is 6.53. The topological polar surface area (TPSA) is 69.6 Å². The van der Waals surface area contributed by atoms with Gasteiger partial charge in [-0.15, -0.1) is 5.10 Å². The first-order chi connectivity index (χ1) is 10.2. The lowest BCUT2D eigenvalue weighted by molar-refractivity contribution is 0.787. The largest absolute Gasteiger partial charge is 0.326 e. The van der Waals surface area contributed by atoms with Gasteiger partial charge >= 0.3 is 0 Å². The number of rotatable bonds is 3. The maximum atomic E-state index is 6.08. The summed E-state index contributed by atoms with van der Waals surface area (Å²) in [6, 6.07) is 13.5. The lowest BCUT2D eigenvalue weighted by atomic mass is 10.1. The van der Waals surface area contributed by atoms with E-state index in [0.29, 0.717) is 17.4 Å². The van der Waals surface area contributed by atoms with Crippen LogP contribution in [0.15, 0.2) is 42.5 Å². The van der Waals surface area contributed by atoms with Gasteiger partial charge in [0.05, 0.1) is 5.69 Å². The molecule has 0 atom stereocenters. The highest BCUT2D eigenvalue weighted by molar-refractivity contribution is 6.30. The van der Waals surface area contributed by atoms with Crippen molar-refractivity contribution in [1.29, 1.82) is 0 Å². The molecule has 0 bridgehead atoms. The van der Waals surface area contributed by atoms with E-state index in [2.05, 4.69) is 15.5 Å². The van der Waals surface area contributed by atoms with Gasteiger partial charge in [-0.3, -0.25) is 0 Å². The summed E-state index contributed by atoms with van der Waals surface area (Å²) in [4.78, 5) is 0. The second-order valence-corrected chi connectivity index (χ2v) is 5.18. The zero-order chi connectivity index (χ0) is 14.8. The number of aromatic nitrogens is 4. The zero-order valence-corrected chi connectivity index (χ0v) is 12.2. The quantitative estimate of drug-likeness (QED) is 0.807. The number of halogens is 1. The molecule has 6 heteroatoms. The summed E-state index contributed by atoms with van der Waals surface area (Å²) >= 11 is 6.08. The number of hydrogen-bond acceptors (Lipinski definition) is 4. The minimum atomic E-state index is 0.513. The van der Waals surface area contributed by atoms with E-state index in [9.17, 15) is 0 Å². The van der Waals surface area contributed by atoms with E-state index in [1.807, 2.05) is 49.4 Å². The second kappa shape index (κ2) is 5.63. The maximum absolute atomic E-state index is 6.08. The van der Waals surface area contributed by atoms with E-state index in [1.165, 1.54) is 0 Å². The lowest BCUT2D eigenvalue weighted by Gasteiger charge is -2.08. The Balaban J connectivity index is 2.10. The predicted molar refractivity (Wildman–Crippen MR) is 82.2 cm³/mol. The van der Waals surface area contributed by atoms with Gasteiger partial charge in [-0.1, -0.05) is 41.9 Å². The Morgan fingerprint density at radius 3 is 2.62 bits per heavy atom. The normalized spacial score (nSPS) is 10.8. The fourth-order valence-electron chi connectivity index (χ4n) is 2.13. The Labute approximate surface area is 127 Å². The van der Waals surface area contributed by atoms with Crippen LogP contribution in [0.25, 0.3) is 17.1 Å². The van der Waals surface area contributed by atoms with E-state index in [1.54, 1.807) is 4.68 Å². The summed E-state index contributed by atoms with van der Waals surface area (Å²) in [7, 11) is 0. The van der Waals surface area contributed by atoms with Crippen LogP contribution in [0.1, 0.15) is 11.1 Å². The number of aryl methyl sites for hydroxylation is 1. The summed E-state index contributed by atoms with van der Waals surface area (Å²) in [6.07, 6.45) is 0. The van der Waals surface area contributed by atoms with Crippen molar-refractivity contribution >= 4 is 11.6 Å². The standard InChI is InChI=1S/C15H14ClN5/c1-10-2-7-13(16)8-14(10)21-15(18-19-20-21)12-5-3-11(9-17)4-6-12/h2-8H,9,17H2,1H3. The van der Waals surface area contributed by atoms with Gasteiger partial charge in [0.25, 0.3) is 0 Å². The van der Waals surface area contributed by atoms with Crippen molar-refractivity contribution in [3.05, 3.63) is 58.6 Å². The van der Waals surface area contributed by atoms with E-state index < -0.39 is 0 Å². The molecule has 0 saturated carbocycles. The van der Waals surface area contributed by atoms with Crippen LogP contribution < -0.4 is 5.73 Å². The monoisotopic (exact) mass is 299 g/mol. The summed E-state index contributed by atoms with van der Waals surface area (Å²) in [5.74, 6) is 0.670. The third kappa shape index (κ3) is 2.66. The highest BCUT2D eigenvalue weighted by Gasteiger charge is 2.12. The number of tetrazole rings is 1. The SMILES string of the molecule is Cc1ccc(Cl)cc1-n1nnnc1-c1ccc(CN)cc1. The van der Waals surface area contributed by atoms with Gasteiger partial charge in [0, 0.05) is 17.1 Å². The van der Waals surface area contributed by atoms with Crippen molar-refractivity contribution in [3.63, 3.8) is 0 Å².